The molecule has 1 fully saturated rings. The summed E-state index contributed by atoms with van der Waals surface area (Å²) in [7, 11) is 0. The highest BCUT2D eigenvalue weighted by Crippen LogP contribution is 2.22. The van der Waals surface area contributed by atoms with Crippen LogP contribution < -0.4 is 0 Å². The Kier molecular flexibility index (Phi) is 3.03. The lowest BCUT2D eigenvalue weighted by atomic mass is 10.1. The molecule has 4 N–H and O–H groups in total. The number of hydrogen-bond acceptors (Lipinski definition) is 5. The van der Waals surface area contributed by atoms with Gasteiger partial charge < -0.3 is 25.2 Å². The summed E-state index contributed by atoms with van der Waals surface area (Å²) in [5.74, 6) is 0. The first-order valence-corrected chi connectivity index (χ1v) is 3.88. The number of ether oxygens (including phenoxy) is 1. The molecule has 1 rings (SSSR count). The minimum absolute atomic E-state index is 0.485. The van der Waals surface area contributed by atoms with Gasteiger partial charge in [0, 0.05) is 0 Å². The van der Waals surface area contributed by atoms with E-state index in [-0.39, 0.29) is 0 Å². The fourth-order valence-corrected chi connectivity index (χ4v) is 1.30. The minimum atomic E-state index is -1.14. The van der Waals surface area contributed by atoms with E-state index in [1.54, 1.807) is 6.92 Å². The Morgan fingerprint density at radius 1 is 1.33 bits per heavy atom. The average molecular weight is 178 g/mol. The third kappa shape index (κ3) is 1.60. The number of rotatable bonds is 2. The van der Waals surface area contributed by atoms with Crippen molar-refractivity contribution in [2.75, 3.05) is 6.61 Å². The Morgan fingerprint density at radius 2 is 1.92 bits per heavy atom. The molecule has 12 heavy (non-hydrogen) atoms. The summed E-state index contributed by atoms with van der Waals surface area (Å²) >= 11 is 0. The normalized spacial score (nSPS) is 44.8. The molecule has 1 aliphatic rings. The van der Waals surface area contributed by atoms with Gasteiger partial charge in [-0.2, -0.15) is 0 Å². The quantitative estimate of drug-likeness (QED) is 0.387. The van der Waals surface area contributed by atoms with Crippen molar-refractivity contribution in [2.45, 2.75) is 37.4 Å². The van der Waals surface area contributed by atoms with Gasteiger partial charge >= 0.3 is 0 Å². The summed E-state index contributed by atoms with van der Waals surface area (Å²) in [5, 5.41) is 36.2. The summed E-state index contributed by atoms with van der Waals surface area (Å²) in [6.07, 6.45) is -4.65. The largest absolute Gasteiger partial charge is 0.394 e. The lowest BCUT2D eigenvalue weighted by Crippen LogP contribution is -2.40. The zero-order valence-electron chi connectivity index (χ0n) is 6.79. The SMILES string of the molecule is C[C@@H]1O[C@@H](C(O)CO)[C@H](O)[C@@H]1O. The first-order chi connectivity index (χ1) is 5.57. The van der Waals surface area contributed by atoms with Crippen molar-refractivity contribution >= 4 is 0 Å². The molecule has 1 aliphatic heterocycles. The molecule has 0 aromatic rings. The van der Waals surface area contributed by atoms with Crippen molar-refractivity contribution in [3.63, 3.8) is 0 Å². The summed E-state index contributed by atoms with van der Waals surface area (Å²) in [4.78, 5) is 0. The Labute approximate surface area is 70.2 Å². The van der Waals surface area contributed by atoms with E-state index in [4.69, 9.17) is 14.9 Å². The van der Waals surface area contributed by atoms with E-state index in [2.05, 4.69) is 0 Å². The van der Waals surface area contributed by atoms with Crippen LogP contribution in [0.5, 0.6) is 0 Å². The molecule has 1 saturated heterocycles. The molecule has 1 unspecified atom stereocenters. The standard InChI is InChI=1S/C7H14O5/c1-3-5(10)6(11)7(12-3)4(9)2-8/h3-11H,2H2,1H3/t3-,4?,5+,6+,7-/m0/s1. The summed E-state index contributed by atoms with van der Waals surface area (Å²) in [6.45, 7) is 1.11. The predicted octanol–water partition coefficient (Wildman–Crippen LogP) is -2.15. The van der Waals surface area contributed by atoms with Crippen LogP contribution >= 0.6 is 0 Å². The molecule has 0 bridgehead atoms. The van der Waals surface area contributed by atoms with Crippen molar-refractivity contribution in [3.05, 3.63) is 0 Å². The topological polar surface area (TPSA) is 90.2 Å². The fraction of sp³-hybridized carbons (Fsp3) is 1.00. The smallest absolute Gasteiger partial charge is 0.115 e. The molecule has 0 spiro atoms. The Morgan fingerprint density at radius 3 is 2.25 bits per heavy atom. The number of aliphatic hydroxyl groups excluding tert-OH is 4. The Bertz CT molecular complexity index is 151. The van der Waals surface area contributed by atoms with Gasteiger partial charge in [-0.25, -0.2) is 0 Å². The average Bonchev–Trinajstić information content (AvgIpc) is 2.32. The van der Waals surface area contributed by atoms with Crippen LogP contribution in [0.1, 0.15) is 6.92 Å². The maximum absolute atomic E-state index is 9.28. The first kappa shape index (κ1) is 9.88. The van der Waals surface area contributed by atoms with Crippen LogP contribution in [-0.2, 0) is 4.74 Å². The van der Waals surface area contributed by atoms with Gasteiger partial charge in [0.05, 0.1) is 12.7 Å². The number of hydrogen-bond donors (Lipinski definition) is 4. The van der Waals surface area contributed by atoms with Crippen LogP contribution in [0.15, 0.2) is 0 Å². The third-order valence-corrected chi connectivity index (χ3v) is 2.11. The Balaban J connectivity index is 2.58. The van der Waals surface area contributed by atoms with E-state index in [0.717, 1.165) is 0 Å². The molecular formula is C7H14O5. The lowest BCUT2D eigenvalue weighted by Gasteiger charge is -2.18. The van der Waals surface area contributed by atoms with Crippen molar-refractivity contribution in [3.8, 4) is 0 Å². The van der Waals surface area contributed by atoms with E-state index in [1.165, 1.54) is 0 Å². The summed E-state index contributed by atoms with van der Waals surface area (Å²) in [6, 6.07) is 0. The van der Waals surface area contributed by atoms with Gasteiger partial charge in [-0.15, -0.1) is 0 Å². The van der Waals surface area contributed by atoms with Gasteiger partial charge in [-0.05, 0) is 6.92 Å². The second-order valence-electron chi connectivity index (χ2n) is 3.04. The maximum atomic E-state index is 9.28. The van der Waals surface area contributed by atoms with Crippen LogP contribution in [0.25, 0.3) is 0 Å². The second kappa shape index (κ2) is 3.68. The van der Waals surface area contributed by atoms with E-state index in [1.807, 2.05) is 0 Å². The lowest BCUT2D eigenvalue weighted by molar-refractivity contribution is -0.0786. The van der Waals surface area contributed by atoms with Crippen molar-refractivity contribution < 1.29 is 25.2 Å². The third-order valence-electron chi connectivity index (χ3n) is 2.11. The highest BCUT2D eigenvalue weighted by Gasteiger charge is 2.43. The van der Waals surface area contributed by atoms with Gasteiger partial charge in [0.15, 0.2) is 0 Å². The van der Waals surface area contributed by atoms with E-state index >= 15 is 0 Å². The zero-order chi connectivity index (χ0) is 9.30. The summed E-state index contributed by atoms with van der Waals surface area (Å²) in [5.41, 5.74) is 0. The van der Waals surface area contributed by atoms with Crippen molar-refractivity contribution in [1.29, 1.82) is 0 Å². The fourth-order valence-electron chi connectivity index (χ4n) is 1.30. The summed E-state index contributed by atoms with van der Waals surface area (Å²) < 4.78 is 5.03. The molecule has 0 aromatic carbocycles. The van der Waals surface area contributed by atoms with Crippen LogP contribution in [0.3, 0.4) is 0 Å². The van der Waals surface area contributed by atoms with Gasteiger partial charge in [0.25, 0.3) is 0 Å². The van der Waals surface area contributed by atoms with Crippen LogP contribution in [-0.4, -0.2) is 57.6 Å². The predicted molar refractivity (Wildman–Crippen MR) is 39.4 cm³/mol. The maximum Gasteiger partial charge on any atom is 0.115 e. The Hall–Kier alpha value is -0.200. The van der Waals surface area contributed by atoms with Crippen LogP contribution in [0.4, 0.5) is 0 Å². The van der Waals surface area contributed by atoms with E-state index < -0.39 is 37.1 Å². The molecule has 5 nitrogen and oxygen atoms in total. The number of aliphatic hydroxyl groups is 4. The van der Waals surface area contributed by atoms with Gasteiger partial charge in [-0.3, -0.25) is 0 Å². The molecule has 0 saturated carbocycles. The molecular weight excluding hydrogens is 164 g/mol. The van der Waals surface area contributed by atoms with Crippen LogP contribution in [0, 0.1) is 0 Å². The molecule has 0 aliphatic carbocycles. The molecule has 72 valence electrons. The molecule has 5 atom stereocenters. The van der Waals surface area contributed by atoms with Crippen molar-refractivity contribution in [1.82, 2.24) is 0 Å². The molecule has 0 radical (unpaired) electrons. The first-order valence-electron chi connectivity index (χ1n) is 3.88. The van der Waals surface area contributed by atoms with E-state index in [0.29, 0.717) is 0 Å². The minimum Gasteiger partial charge on any atom is -0.394 e. The molecule has 0 amide bonds. The highest BCUT2D eigenvalue weighted by atomic mass is 16.6. The molecule has 5 heteroatoms. The van der Waals surface area contributed by atoms with Crippen LogP contribution in [0.2, 0.25) is 0 Å². The van der Waals surface area contributed by atoms with Gasteiger partial charge in [0.2, 0.25) is 0 Å². The second-order valence-corrected chi connectivity index (χ2v) is 3.04. The van der Waals surface area contributed by atoms with Gasteiger partial charge in [-0.1, -0.05) is 0 Å². The van der Waals surface area contributed by atoms with Crippen molar-refractivity contribution in [2.24, 2.45) is 0 Å². The zero-order valence-corrected chi connectivity index (χ0v) is 6.79. The highest BCUT2D eigenvalue weighted by molar-refractivity contribution is 4.91. The monoisotopic (exact) mass is 178 g/mol. The molecule has 1 heterocycles. The van der Waals surface area contributed by atoms with Gasteiger partial charge in [0.1, 0.15) is 24.4 Å². The molecule has 0 aromatic heterocycles. The van der Waals surface area contributed by atoms with E-state index in [9.17, 15) is 10.2 Å².